The van der Waals surface area contributed by atoms with E-state index in [4.69, 9.17) is 5.26 Å². The molecule has 0 aliphatic carbocycles. The maximum Gasteiger partial charge on any atom is 0.101 e. The van der Waals surface area contributed by atoms with E-state index in [-0.39, 0.29) is 0 Å². The normalized spacial score (nSPS) is 25.2. The summed E-state index contributed by atoms with van der Waals surface area (Å²) in [7, 11) is 0. The van der Waals surface area contributed by atoms with Crippen LogP contribution >= 0.6 is 0 Å². The van der Waals surface area contributed by atoms with Gasteiger partial charge in [-0.3, -0.25) is 4.98 Å². The molecule has 84 valence electrons. The largest absolute Gasteiger partial charge is 0.364 e. The Balaban J connectivity index is 2.32. The van der Waals surface area contributed by atoms with Gasteiger partial charge in [0.25, 0.3) is 0 Å². The molecular weight excluding hydrogens is 200 g/mol. The van der Waals surface area contributed by atoms with Crippen molar-refractivity contribution in [3.8, 4) is 6.07 Å². The van der Waals surface area contributed by atoms with Crippen molar-refractivity contribution < 1.29 is 0 Å². The minimum atomic E-state index is 0.396. The Morgan fingerprint density at radius 1 is 1.56 bits per heavy atom. The highest BCUT2D eigenvalue weighted by Gasteiger charge is 2.24. The zero-order valence-corrected chi connectivity index (χ0v) is 9.64. The maximum absolute atomic E-state index is 9.08. The Morgan fingerprint density at radius 3 is 3.12 bits per heavy atom. The van der Waals surface area contributed by atoms with Gasteiger partial charge in [0.1, 0.15) is 6.07 Å². The SMILES string of the molecule is CC1CN(c2cnccc2C#N)C(C)CN1. The van der Waals surface area contributed by atoms with Crippen molar-refractivity contribution in [1.29, 1.82) is 5.26 Å². The number of hydrogen-bond acceptors (Lipinski definition) is 4. The van der Waals surface area contributed by atoms with Gasteiger partial charge in [0, 0.05) is 31.4 Å². The number of piperazine rings is 1. The molecule has 4 nitrogen and oxygen atoms in total. The van der Waals surface area contributed by atoms with Crippen LogP contribution in [0.1, 0.15) is 19.4 Å². The monoisotopic (exact) mass is 216 g/mol. The third-order valence-corrected chi connectivity index (χ3v) is 2.99. The first-order valence-corrected chi connectivity index (χ1v) is 5.56. The molecule has 1 aliphatic heterocycles. The standard InChI is InChI=1S/C12H16N4/c1-9-8-16(10(2)6-15-9)12-7-14-4-3-11(12)5-13/h3-4,7,9-10,15H,6,8H2,1-2H3. The first-order valence-electron chi connectivity index (χ1n) is 5.56. The molecule has 2 unspecified atom stereocenters. The summed E-state index contributed by atoms with van der Waals surface area (Å²) in [4.78, 5) is 6.37. The Hall–Kier alpha value is -1.60. The highest BCUT2D eigenvalue weighted by molar-refractivity contribution is 5.58. The van der Waals surface area contributed by atoms with Crippen molar-refractivity contribution in [3.63, 3.8) is 0 Å². The van der Waals surface area contributed by atoms with Crippen molar-refractivity contribution in [3.05, 3.63) is 24.0 Å². The van der Waals surface area contributed by atoms with E-state index in [2.05, 4.69) is 35.1 Å². The summed E-state index contributed by atoms with van der Waals surface area (Å²) in [6.07, 6.45) is 3.45. The van der Waals surface area contributed by atoms with Crippen molar-refractivity contribution in [1.82, 2.24) is 10.3 Å². The number of pyridine rings is 1. The fraction of sp³-hybridized carbons (Fsp3) is 0.500. The van der Waals surface area contributed by atoms with Gasteiger partial charge in [0.2, 0.25) is 0 Å². The van der Waals surface area contributed by atoms with Crippen LogP contribution in [0.25, 0.3) is 0 Å². The van der Waals surface area contributed by atoms with Crippen LogP contribution in [0, 0.1) is 11.3 Å². The fourth-order valence-electron chi connectivity index (χ4n) is 2.07. The van der Waals surface area contributed by atoms with Gasteiger partial charge in [-0.1, -0.05) is 0 Å². The zero-order valence-electron chi connectivity index (χ0n) is 9.64. The Labute approximate surface area is 95.9 Å². The van der Waals surface area contributed by atoms with E-state index in [1.54, 1.807) is 18.5 Å². The van der Waals surface area contributed by atoms with Crippen molar-refractivity contribution in [2.75, 3.05) is 18.0 Å². The Bertz CT molecular complexity index is 410. The van der Waals surface area contributed by atoms with Gasteiger partial charge in [-0.15, -0.1) is 0 Å². The quantitative estimate of drug-likeness (QED) is 0.765. The molecule has 1 saturated heterocycles. The first kappa shape index (κ1) is 10.9. The van der Waals surface area contributed by atoms with E-state index >= 15 is 0 Å². The summed E-state index contributed by atoms with van der Waals surface area (Å²) in [6.45, 7) is 6.18. The van der Waals surface area contributed by atoms with E-state index in [0.717, 1.165) is 18.8 Å². The summed E-state index contributed by atoms with van der Waals surface area (Å²) < 4.78 is 0. The van der Waals surface area contributed by atoms with E-state index < -0.39 is 0 Å². The summed E-state index contributed by atoms with van der Waals surface area (Å²) in [5.74, 6) is 0. The number of aromatic nitrogens is 1. The van der Waals surface area contributed by atoms with Crippen LogP contribution in [0.3, 0.4) is 0 Å². The summed E-state index contributed by atoms with van der Waals surface area (Å²) in [5, 5.41) is 12.5. The van der Waals surface area contributed by atoms with E-state index in [1.165, 1.54) is 0 Å². The molecule has 1 aromatic heterocycles. The average Bonchev–Trinajstić information content (AvgIpc) is 2.32. The Kier molecular flexibility index (Phi) is 3.07. The number of nitrogens with one attached hydrogen (secondary N) is 1. The molecule has 1 N–H and O–H groups in total. The second kappa shape index (κ2) is 4.50. The number of anilines is 1. The minimum Gasteiger partial charge on any atom is -0.364 e. The van der Waals surface area contributed by atoms with Crippen LogP contribution in [0.2, 0.25) is 0 Å². The predicted octanol–water partition coefficient (Wildman–Crippen LogP) is 1.14. The van der Waals surface area contributed by atoms with Gasteiger partial charge in [-0.25, -0.2) is 0 Å². The lowest BCUT2D eigenvalue weighted by Crippen LogP contribution is -2.54. The molecule has 0 radical (unpaired) electrons. The van der Waals surface area contributed by atoms with Crippen LogP contribution in [-0.2, 0) is 0 Å². The van der Waals surface area contributed by atoms with Gasteiger partial charge in [0.15, 0.2) is 0 Å². The molecular formula is C12H16N4. The summed E-state index contributed by atoms with van der Waals surface area (Å²) in [6, 6.07) is 4.84. The van der Waals surface area contributed by atoms with Crippen LogP contribution in [0.15, 0.2) is 18.5 Å². The van der Waals surface area contributed by atoms with Crippen molar-refractivity contribution in [2.24, 2.45) is 0 Å². The third kappa shape index (κ3) is 2.00. The third-order valence-electron chi connectivity index (χ3n) is 2.99. The van der Waals surface area contributed by atoms with Gasteiger partial charge < -0.3 is 10.2 Å². The van der Waals surface area contributed by atoms with E-state index in [9.17, 15) is 0 Å². The lowest BCUT2D eigenvalue weighted by Gasteiger charge is -2.39. The molecule has 0 amide bonds. The smallest absolute Gasteiger partial charge is 0.101 e. The lowest BCUT2D eigenvalue weighted by molar-refractivity contribution is 0.424. The molecule has 0 saturated carbocycles. The van der Waals surface area contributed by atoms with E-state index in [0.29, 0.717) is 17.6 Å². The molecule has 1 aromatic rings. The molecule has 0 aromatic carbocycles. The molecule has 1 aliphatic rings. The summed E-state index contributed by atoms with van der Waals surface area (Å²) >= 11 is 0. The van der Waals surface area contributed by atoms with Crippen molar-refractivity contribution in [2.45, 2.75) is 25.9 Å². The summed E-state index contributed by atoms with van der Waals surface area (Å²) in [5.41, 5.74) is 1.65. The first-order chi connectivity index (χ1) is 7.72. The fourth-order valence-corrected chi connectivity index (χ4v) is 2.07. The van der Waals surface area contributed by atoms with Crippen molar-refractivity contribution >= 4 is 5.69 Å². The molecule has 2 heterocycles. The molecule has 2 atom stereocenters. The van der Waals surface area contributed by atoms with Gasteiger partial charge in [-0.2, -0.15) is 5.26 Å². The second-order valence-electron chi connectivity index (χ2n) is 4.32. The van der Waals surface area contributed by atoms with Crippen LogP contribution in [0.4, 0.5) is 5.69 Å². The molecule has 1 fully saturated rings. The Morgan fingerprint density at radius 2 is 2.38 bits per heavy atom. The molecule has 16 heavy (non-hydrogen) atoms. The number of rotatable bonds is 1. The van der Waals surface area contributed by atoms with E-state index in [1.807, 2.05) is 0 Å². The molecule has 0 bridgehead atoms. The highest BCUT2D eigenvalue weighted by Crippen LogP contribution is 2.22. The molecule has 4 heteroatoms. The average molecular weight is 216 g/mol. The topological polar surface area (TPSA) is 52.0 Å². The van der Waals surface area contributed by atoms with Crippen LogP contribution in [0.5, 0.6) is 0 Å². The molecule has 0 spiro atoms. The van der Waals surface area contributed by atoms with Gasteiger partial charge in [-0.05, 0) is 19.9 Å². The number of hydrogen-bond donors (Lipinski definition) is 1. The highest BCUT2D eigenvalue weighted by atomic mass is 15.2. The maximum atomic E-state index is 9.08. The lowest BCUT2D eigenvalue weighted by atomic mass is 10.1. The zero-order chi connectivity index (χ0) is 11.5. The van der Waals surface area contributed by atoms with Crippen LogP contribution in [-0.4, -0.2) is 30.2 Å². The second-order valence-corrected chi connectivity index (χ2v) is 4.32. The van der Waals surface area contributed by atoms with Gasteiger partial charge in [0.05, 0.1) is 17.4 Å². The molecule has 2 rings (SSSR count). The minimum absolute atomic E-state index is 0.396. The number of nitriles is 1. The van der Waals surface area contributed by atoms with Gasteiger partial charge >= 0.3 is 0 Å². The number of nitrogens with zero attached hydrogens (tertiary/aromatic N) is 3. The van der Waals surface area contributed by atoms with Crippen LogP contribution < -0.4 is 10.2 Å². The predicted molar refractivity (Wildman–Crippen MR) is 63.2 cm³/mol.